The van der Waals surface area contributed by atoms with Crippen LogP contribution in [0.25, 0.3) is 0 Å². The third-order valence-corrected chi connectivity index (χ3v) is 3.84. The van der Waals surface area contributed by atoms with Gasteiger partial charge in [0.05, 0.1) is 6.10 Å². The van der Waals surface area contributed by atoms with Crippen LogP contribution in [0.15, 0.2) is 18.2 Å². The molecule has 20 heavy (non-hydrogen) atoms. The molecule has 1 aliphatic heterocycles. The molecule has 0 aromatic heterocycles. The average molecular weight is 280 g/mol. The van der Waals surface area contributed by atoms with Crippen LogP contribution in [0.1, 0.15) is 38.2 Å². The summed E-state index contributed by atoms with van der Waals surface area (Å²) in [5, 5.41) is 12.9. The van der Waals surface area contributed by atoms with Gasteiger partial charge in [0.2, 0.25) is 0 Å². The first-order valence-corrected chi connectivity index (χ1v) is 7.63. The summed E-state index contributed by atoms with van der Waals surface area (Å²) in [6.07, 6.45) is 3.75. The van der Waals surface area contributed by atoms with Crippen LogP contribution in [0.4, 0.5) is 10.1 Å². The summed E-state index contributed by atoms with van der Waals surface area (Å²) in [4.78, 5) is 2.25. The summed E-state index contributed by atoms with van der Waals surface area (Å²) in [5.74, 6) is -0.160. The number of rotatable bonds is 7. The number of aliphatic hydroxyl groups is 1. The second-order valence-corrected chi connectivity index (χ2v) is 5.51. The number of nitrogens with zero attached hydrogens (tertiary/aromatic N) is 1. The molecule has 1 aliphatic rings. The lowest BCUT2D eigenvalue weighted by atomic mass is 10.1. The van der Waals surface area contributed by atoms with E-state index >= 15 is 0 Å². The first kappa shape index (κ1) is 15.3. The van der Waals surface area contributed by atoms with Gasteiger partial charge >= 0.3 is 0 Å². The molecule has 0 radical (unpaired) electrons. The van der Waals surface area contributed by atoms with Crippen LogP contribution in [-0.4, -0.2) is 30.8 Å². The van der Waals surface area contributed by atoms with Crippen LogP contribution in [-0.2, 0) is 6.54 Å². The Morgan fingerprint density at radius 3 is 2.80 bits per heavy atom. The van der Waals surface area contributed by atoms with Crippen molar-refractivity contribution in [2.75, 3.05) is 24.5 Å². The number of nitrogens with one attached hydrogen (secondary N) is 1. The van der Waals surface area contributed by atoms with Gasteiger partial charge in [-0.15, -0.1) is 0 Å². The molecule has 0 bridgehead atoms. The van der Waals surface area contributed by atoms with Crippen molar-refractivity contribution in [3.8, 4) is 0 Å². The topological polar surface area (TPSA) is 35.5 Å². The Labute approximate surface area is 120 Å². The average Bonchev–Trinajstić information content (AvgIpc) is 2.94. The molecule has 0 amide bonds. The summed E-state index contributed by atoms with van der Waals surface area (Å²) in [7, 11) is 0. The number of anilines is 1. The number of hydrogen-bond acceptors (Lipinski definition) is 3. The zero-order chi connectivity index (χ0) is 14.4. The molecule has 1 heterocycles. The quantitative estimate of drug-likeness (QED) is 0.806. The van der Waals surface area contributed by atoms with Gasteiger partial charge in [-0.25, -0.2) is 4.39 Å². The lowest BCUT2D eigenvalue weighted by Crippen LogP contribution is -2.28. The van der Waals surface area contributed by atoms with Crippen LogP contribution in [0.3, 0.4) is 0 Å². The van der Waals surface area contributed by atoms with Gasteiger partial charge in [0, 0.05) is 37.4 Å². The second-order valence-electron chi connectivity index (χ2n) is 5.51. The monoisotopic (exact) mass is 280 g/mol. The fraction of sp³-hybridized carbons (Fsp3) is 0.625. The number of aliphatic hydroxyl groups excluding tert-OH is 1. The Balaban J connectivity index is 1.98. The molecule has 2 N–H and O–H groups in total. The van der Waals surface area contributed by atoms with E-state index in [0.717, 1.165) is 37.2 Å². The van der Waals surface area contributed by atoms with Crippen LogP contribution < -0.4 is 10.2 Å². The van der Waals surface area contributed by atoms with Gasteiger partial charge in [0.15, 0.2) is 0 Å². The Morgan fingerprint density at radius 2 is 2.10 bits per heavy atom. The van der Waals surface area contributed by atoms with Crippen molar-refractivity contribution in [2.45, 2.75) is 45.3 Å². The summed E-state index contributed by atoms with van der Waals surface area (Å²) in [6, 6.07) is 5.28. The van der Waals surface area contributed by atoms with Crippen molar-refractivity contribution in [3.05, 3.63) is 29.6 Å². The van der Waals surface area contributed by atoms with Gasteiger partial charge in [-0.3, -0.25) is 0 Å². The van der Waals surface area contributed by atoms with Gasteiger partial charge in [0.1, 0.15) is 5.82 Å². The maximum Gasteiger partial charge on any atom is 0.129 e. The van der Waals surface area contributed by atoms with Crippen molar-refractivity contribution in [1.29, 1.82) is 0 Å². The molecule has 1 aromatic rings. The molecule has 1 aromatic carbocycles. The number of hydrogen-bond donors (Lipinski definition) is 2. The molecule has 3 nitrogen and oxygen atoms in total. The first-order valence-electron chi connectivity index (χ1n) is 7.63. The minimum absolute atomic E-state index is 0.160. The van der Waals surface area contributed by atoms with E-state index in [1.54, 1.807) is 6.07 Å². The third kappa shape index (κ3) is 3.93. The van der Waals surface area contributed by atoms with Gasteiger partial charge in [-0.05, 0) is 31.4 Å². The third-order valence-electron chi connectivity index (χ3n) is 3.84. The molecule has 1 unspecified atom stereocenters. The van der Waals surface area contributed by atoms with Gasteiger partial charge in [-0.2, -0.15) is 0 Å². The molecule has 2 rings (SSSR count). The fourth-order valence-electron chi connectivity index (χ4n) is 2.78. The van der Waals surface area contributed by atoms with Crippen LogP contribution in [0.2, 0.25) is 0 Å². The summed E-state index contributed by atoms with van der Waals surface area (Å²) < 4.78 is 14.0. The molecule has 0 saturated carbocycles. The highest BCUT2D eigenvalue weighted by atomic mass is 19.1. The van der Waals surface area contributed by atoms with E-state index in [2.05, 4.69) is 10.2 Å². The molecule has 1 fully saturated rings. The molecule has 112 valence electrons. The zero-order valence-electron chi connectivity index (χ0n) is 12.2. The first-order chi connectivity index (χ1) is 9.72. The summed E-state index contributed by atoms with van der Waals surface area (Å²) >= 11 is 0. The fourth-order valence-corrected chi connectivity index (χ4v) is 2.78. The zero-order valence-corrected chi connectivity index (χ0v) is 12.2. The minimum atomic E-state index is -0.345. The van der Waals surface area contributed by atoms with Crippen molar-refractivity contribution < 1.29 is 9.50 Å². The molecule has 0 aliphatic carbocycles. The van der Waals surface area contributed by atoms with Crippen molar-refractivity contribution >= 4 is 5.69 Å². The van der Waals surface area contributed by atoms with Crippen LogP contribution in [0, 0.1) is 5.82 Å². The van der Waals surface area contributed by atoms with E-state index in [1.165, 1.54) is 18.9 Å². The minimum Gasteiger partial charge on any atom is -0.392 e. The molecule has 1 atom stereocenters. The van der Waals surface area contributed by atoms with Gasteiger partial charge in [0.25, 0.3) is 0 Å². The van der Waals surface area contributed by atoms with Crippen molar-refractivity contribution in [2.24, 2.45) is 0 Å². The normalized spacial score (nSPS) is 16.6. The maximum atomic E-state index is 14.0. The van der Waals surface area contributed by atoms with E-state index in [-0.39, 0.29) is 11.9 Å². The number of halogens is 1. The largest absolute Gasteiger partial charge is 0.392 e. The molecule has 0 spiro atoms. The predicted octanol–water partition coefficient (Wildman–Crippen LogP) is 2.68. The molecular weight excluding hydrogens is 255 g/mol. The van der Waals surface area contributed by atoms with Crippen LogP contribution in [0.5, 0.6) is 0 Å². The molecule has 1 saturated heterocycles. The highest BCUT2D eigenvalue weighted by Crippen LogP contribution is 2.26. The SMILES string of the molecule is CCCC(O)CNCc1c(F)cccc1N1CCCC1. The lowest BCUT2D eigenvalue weighted by Gasteiger charge is -2.22. The van der Waals surface area contributed by atoms with Gasteiger partial charge < -0.3 is 15.3 Å². The van der Waals surface area contributed by atoms with E-state index in [9.17, 15) is 9.50 Å². The predicted molar refractivity (Wildman–Crippen MR) is 80.5 cm³/mol. The van der Waals surface area contributed by atoms with Crippen molar-refractivity contribution in [3.63, 3.8) is 0 Å². The Kier molecular flexibility index (Phi) is 5.80. The highest BCUT2D eigenvalue weighted by Gasteiger charge is 2.17. The smallest absolute Gasteiger partial charge is 0.129 e. The molecular formula is C16H25FN2O. The maximum absolute atomic E-state index is 14.0. The second kappa shape index (κ2) is 7.60. The van der Waals surface area contributed by atoms with Gasteiger partial charge in [-0.1, -0.05) is 19.4 Å². The standard InChI is InChI=1S/C16H25FN2O/c1-2-6-13(20)11-18-12-14-15(17)7-5-8-16(14)19-9-3-4-10-19/h5,7-8,13,18,20H,2-4,6,9-12H2,1H3. The lowest BCUT2D eigenvalue weighted by molar-refractivity contribution is 0.160. The number of benzene rings is 1. The Morgan fingerprint density at radius 1 is 1.35 bits per heavy atom. The molecule has 4 heteroatoms. The Hall–Kier alpha value is -1.13. The Bertz CT molecular complexity index is 419. The summed E-state index contributed by atoms with van der Waals surface area (Å²) in [5.41, 5.74) is 1.72. The van der Waals surface area contributed by atoms with E-state index in [4.69, 9.17) is 0 Å². The summed E-state index contributed by atoms with van der Waals surface area (Å²) in [6.45, 7) is 5.05. The van der Waals surface area contributed by atoms with Crippen LogP contribution >= 0.6 is 0 Å². The van der Waals surface area contributed by atoms with E-state index in [1.807, 2.05) is 13.0 Å². The highest BCUT2D eigenvalue weighted by molar-refractivity contribution is 5.54. The van der Waals surface area contributed by atoms with E-state index in [0.29, 0.717) is 13.1 Å². The van der Waals surface area contributed by atoms with Crippen molar-refractivity contribution in [1.82, 2.24) is 5.32 Å². The van der Waals surface area contributed by atoms with E-state index < -0.39 is 0 Å².